The van der Waals surface area contributed by atoms with Gasteiger partial charge in [-0.2, -0.15) is 0 Å². The van der Waals surface area contributed by atoms with Gasteiger partial charge in [-0.1, -0.05) is 0 Å². The molecule has 3 heterocycles. The van der Waals surface area contributed by atoms with Crippen LogP contribution in [0.25, 0.3) is 11.2 Å². The number of amides is 3. The van der Waals surface area contributed by atoms with E-state index in [-0.39, 0.29) is 17.0 Å². The molecule has 0 aromatic carbocycles. The predicted molar refractivity (Wildman–Crippen MR) is 99.9 cm³/mol. The van der Waals surface area contributed by atoms with Gasteiger partial charge in [0.15, 0.2) is 23.2 Å². The quantitative estimate of drug-likeness (QED) is 0.281. The van der Waals surface area contributed by atoms with Crippen molar-refractivity contribution in [1.82, 2.24) is 24.8 Å². The zero-order chi connectivity index (χ0) is 22.2. The van der Waals surface area contributed by atoms with E-state index in [1.165, 1.54) is 24.9 Å². The summed E-state index contributed by atoms with van der Waals surface area (Å²) in [6.45, 7) is 0.786. The van der Waals surface area contributed by atoms with Crippen LogP contribution in [0, 0.1) is 0 Å². The lowest BCUT2D eigenvalue weighted by Crippen LogP contribution is -2.54. The molecule has 1 aliphatic heterocycles. The molecule has 0 spiro atoms. The average Bonchev–Trinajstić information content (AvgIpc) is 3.28. The second kappa shape index (κ2) is 8.55. The summed E-state index contributed by atoms with van der Waals surface area (Å²) in [6.07, 6.45) is -3.83. The van der Waals surface area contributed by atoms with Gasteiger partial charge in [0.25, 0.3) is 5.91 Å². The molecule has 14 nitrogen and oxygen atoms in total. The molecule has 0 saturated carbocycles. The molecule has 3 rings (SSSR count). The summed E-state index contributed by atoms with van der Waals surface area (Å²) in [5.74, 6) is -1.13. The number of carbonyl (C=O) groups excluding carboxylic acids is 2. The smallest absolute Gasteiger partial charge is 0.329 e. The van der Waals surface area contributed by atoms with Crippen LogP contribution >= 0.6 is 0 Å². The molecule has 0 aliphatic carbocycles. The number of aliphatic hydroxyl groups excluding tert-OH is 4. The highest BCUT2D eigenvalue weighted by atomic mass is 16.6. The Hall–Kier alpha value is -2.75. The lowest BCUT2D eigenvalue weighted by atomic mass is 10.1. The molecule has 164 valence electrons. The summed E-state index contributed by atoms with van der Waals surface area (Å²) in [6, 6.07) is -2.27. The van der Waals surface area contributed by atoms with Crippen molar-refractivity contribution in [3.05, 3.63) is 12.7 Å². The van der Waals surface area contributed by atoms with Gasteiger partial charge in [-0.15, -0.1) is 0 Å². The number of nitrogens with two attached hydrogens (primary N) is 1. The molecular weight excluding hydrogens is 402 g/mol. The molecule has 0 bridgehead atoms. The Morgan fingerprint density at radius 2 is 2.03 bits per heavy atom. The Kier molecular flexibility index (Phi) is 6.25. The van der Waals surface area contributed by atoms with E-state index in [1.54, 1.807) is 0 Å². The number of aromatic nitrogens is 4. The van der Waals surface area contributed by atoms with Crippen molar-refractivity contribution in [3.63, 3.8) is 0 Å². The van der Waals surface area contributed by atoms with Crippen molar-refractivity contribution in [2.75, 3.05) is 18.6 Å². The summed E-state index contributed by atoms with van der Waals surface area (Å²) in [4.78, 5) is 37.9. The number of fused-ring (bicyclic) bond motifs is 1. The van der Waals surface area contributed by atoms with Crippen LogP contribution in [0.4, 0.5) is 10.6 Å². The Morgan fingerprint density at radius 1 is 1.33 bits per heavy atom. The minimum absolute atomic E-state index is 0.00461. The first-order valence-corrected chi connectivity index (χ1v) is 9.02. The molecule has 1 saturated heterocycles. The van der Waals surface area contributed by atoms with Gasteiger partial charge < -0.3 is 36.2 Å². The second-order valence-corrected chi connectivity index (χ2v) is 6.75. The topological polar surface area (TPSA) is 209 Å². The van der Waals surface area contributed by atoms with Crippen LogP contribution in [0.3, 0.4) is 0 Å². The van der Waals surface area contributed by atoms with Crippen LogP contribution in [0.15, 0.2) is 12.7 Å². The molecule has 7 N–H and O–H groups in total. The third-order valence-corrected chi connectivity index (χ3v) is 4.78. The Morgan fingerprint density at radius 3 is 2.60 bits per heavy atom. The predicted octanol–water partition coefficient (Wildman–Crippen LogP) is -3.18. The highest BCUT2D eigenvalue weighted by molar-refractivity contribution is 6.18. The number of ether oxygens (including phenoxy) is 1. The number of hydrogen-bond acceptors (Lipinski definition) is 11. The zero-order valence-electron chi connectivity index (χ0n) is 16.2. The molecule has 3 amide bonds. The van der Waals surface area contributed by atoms with Crippen molar-refractivity contribution in [2.24, 2.45) is 5.73 Å². The van der Waals surface area contributed by atoms with Crippen LogP contribution in [0.1, 0.15) is 13.2 Å². The monoisotopic (exact) mass is 425 g/mol. The number of urea groups is 1. The Balaban J connectivity index is 2.07. The van der Waals surface area contributed by atoms with E-state index in [0.717, 1.165) is 6.33 Å². The number of nitrogens with zero attached hydrogens (tertiary/aromatic N) is 5. The maximum absolute atomic E-state index is 12.7. The molecule has 14 heteroatoms. The summed E-state index contributed by atoms with van der Waals surface area (Å²) in [5.41, 5.74) is 5.80. The van der Waals surface area contributed by atoms with Crippen molar-refractivity contribution in [1.29, 1.82) is 0 Å². The van der Waals surface area contributed by atoms with Gasteiger partial charge in [-0.3, -0.25) is 9.36 Å². The van der Waals surface area contributed by atoms with E-state index in [4.69, 9.17) is 10.5 Å². The molecule has 1 fully saturated rings. The van der Waals surface area contributed by atoms with Crippen LogP contribution in [0.5, 0.6) is 0 Å². The molecule has 2 aromatic rings. The van der Waals surface area contributed by atoms with E-state index in [1.807, 2.05) is 0 Å². The first-order valence-electron chi connectivity index (χ1n) is 9.02. The lowest BCUT2D eigenvalue weighted by Gasteiger charge is -2.24. The number of imidazole rings is 1. The molecule has 0 unspecified atom stereocenters. The number of carbonyl (C=O) groups is 2. The van der Waals surface area contributed by atoms with Crippen LogP contribution in [-0.2, 0) is 9.53 Å². The summed E-state index contributed by atoms with van der Waals surface area (Å²) < 4.78 is 6.76. The Bertz CT molecular complexity index is 936. The van der Waals surface area contributed by atoms with Crippen LogP contribution in [-0.4, -0.2) is 96.0 Å². The summed E-state index contributed by atoms with van der Waals surface area (Å²) in [7, 11) is 1.30. The van der Waals surface area contributed by atoms with Gasteiger partial charge in [0, 0.05) is 7.05 Å². The third-order valence-electron chi connectivity index (χ3n) is 4.78. The van der Waals surface area contributed by atoms with E-state index >= 15 is 0 Å². The van der Waals surface area contributed by atoms with E-state index in [9.17, 15) is 30.0 Å². The molecule has 6 atom stereocenters. The second-order valence-electron chi connectivity index (χ2n) is 6.75. The number of imide groups is 1. The first-order chi connectivity index (χ1) is 14.2. The molecule has 1 aliphatic rings. The molecule has 30 heavy (non-hydrogen) atoms. The minimum atomic E-state index is -1.41. The maximum atomic E-state index is 12.7. The first kappa shape index (κ1) is 21.9. The fourth-order valence-electron chi connectivity index (χ4n) is 3.07. The van der Waals surface area contributed by atoms with Crippen molar-refractivity contribution >= 4 is 28.9 Å². The van der Waals surface area contributed by atoms with Gasteiger partial charge >= 0.3 is 6.03 Å². The Labute approximate surface area is 169 Å². The standard InChI is InChI=1S/C16H23N7O7/c1-6(25)8(17)14(28)23(16(29)18-2)13-9-12(19-4-20-13)22(5-21-9)15-11(27)10(26)7(3-24)30-15/h4-8,10-11,15,24-27H,3,17H2,1-2H3,(H,18,29)/t6-,7-,8+,10-,11-,15-/m1/s1. The fourth-order valence-corrected chi connectivity index (χ4v) is 3.07. The fraction of sp³-hybridized carbons (Fsp3) is 0.562. The van der Waals surface area contributed by atoms with Gasteiger partial charge in [-0.25, -0.2) is 24.6 Å². The molecule has 2 aromatic heterocycles. The van der Waals surface area contributed by atoms with Crippen LogP contribution in [0.2, 0.25) is 0 Å². The largest absolute Gasteiger partial charge is 0.394 e. The molecular formula is C16H23N7O7. The van der Waals surface area contributed by atoms with Gasteiger partial charge in [0.05, 0.1) is 19.0 Å². The van der Waals surface area contributed by atoms with E-state index < -0.39 is 55.2 Å². The van der Waals surface area contributed by atoms with Gasteiger partial charge in [0.2, 0.25) is 0 Å². The highest BCUT2D eigenvalue weighted by Crippen LogP contribution is 2.32. The maximum Gasteiger partial charge on any atom is 0.329 e. The lowest BCUT2D eigenvalue weighted by molar-refractivity contribution is -0.121. The average molecular weight is 425 g/mol. The van der Waals surface area contributed by atoms with Gasteiger partial charge in [-0.05, 0) is 6.92 Å². The van der Waals surface area contributed by atoms with Crippen molar-refractivity contribution in [3.8, 4) is 0 Å². The minimum Gasteiger partial charge on any atom is -0.394 e. The third kappa shape index (κ3) is 3.60. The van der Waals surface area contributed by atoms with E-state index in [2.05, 4.69) is 20.3 Å². The van der Waals surface area contributed by atoms with Crippen molar-refractivity contribution in [2.45, 2.75) is 43.6 Å². The molecule has 0 radical (unpaired) electrons. The van der Waals surface area contributed by atoms with Gasteiger partial charge in [0.1, 0.15) is 30.7 Å². The normalized spacial score (nSPS) is 25.8. The zero-order valence-corrected chi connectivity index (χ0v) is 16.2. The number of rotatable bonds is 5. The highest BCUT2D eigenvalue weighted by Gasteiger charge is 2.44. The SMILES string of the molecule is CNC(=O)N(C(=O)[C@@H](N)[C@@H](C)O)c1ncnc2c1ncn2[C@@H]1O[C@H](CO)[C@@H](O)[C@H]1O. The number of anilines is 1. The van der Waals surface area contributed by atoms with Crippen molar-refractivity contribution < 1.29 is 34.8 Å². The van der Waals surface area contributed by atoms with E-state index in [0.29, 0.717) is 4.90 Å². The number of nitrogens with one attached hydrogen (secondary N) is 1. The van der Waals surface area contributed by atoms with Crippen LogP contribution < -0.4 is 16.0 Å². The number of hydrogen-bond donors (Lipinski definition) is 6. The summed E-state index contributed by atoms with van der Waals surface area (Å²) >= 11 is 0. The summed E-state index contributed by atoms with van der Waals surface area (Å²) in [5, 5.41) is 41.5. The number of aliphatic hydroxyl groups is 4.